The third-order valence-electron chi connectivity index (χ3n) is 3.42. The van der Waals surface area contributed by atoms with Crippen molar-refractivity contribution in [3.63, 3.8) is 0 Å². The van der Waals surface area contributed by atoms with Crippen LogP contribution in [0, 0.1) is 13.8 Å². The molecule has 2 aromatic heterocycles. The SMILES string of the molecule is Cc1nn2c(C)c(C(=O)O)cnc2c1-c1ccc(Cl)cc1. The summed E-state index contributed by atoms with van der Waals surface area (Å²) in [5, 5.41) is 14.2. The quantitative estimate of drug-likeness (QED) is 0.788. The summed E-state index contributed by atoms with van der Waals surface area (Å²) in [4.78, 5) is 15.4. The van der Waals surface area contributed by atoms with E-state index < -0.39 is 5.97 Å². The number of aromatic carboxylic acids is 1. The minimum absolute atomic E-state index is 0.146. The average molecular weight is 302 g/mol. The highest BCUT2D eigenvalue weighted by molar-refractivity contribution is 6.30. The number of carboxylic acid groups (broad SMARTS) is 1. The topological polar surface area (TPSA) is 67.5 Å². The van der Waals surface area contributed by atoms with Gasteiger partial charge in [0, 0.05) is 16.8 Å². The van der Waals surface area contributed by atoms with Gasteiger partial charge in [0.15, 0.2) is 5.65 Å². The van der Waals surface area contributed by atoms with Crippen LogP contribution in [0.15, 0.2) is 30.5 Å². The van der Waals surface area contributed by atoms with Crippen LogP contribution in [0.1, 0.15) is 21.7 Å². The van der Waals surface area contributed by atoms with Crippen LogP contribution in [0.5, 0.6) is 0 Å². The first kappa shape index (κ1) is 13.6. The predicted molar refractivity (Wildman–Crippen MR) is 79.9 cm³/mol. The molecule has 2 heterocycles. The maximum absolute atomic E-state index is 11.2. The third kappa shape index (κ3) is 2.15. The smallest absolute Gasteiger partial charge is 0.339 e. The zero-order valence-corrected chi connectivity index (χ0v) is 12.2. The Balaban J connectivity index is 2.30. The Labute approximate surface area is 125 Å². The number of nitrogens with zero attached hydrogens (tertiary/aromatic N) is 3. The molecule has 0 aliphatic carbocycles. The molecule has 0 saturated heterocycles. The summed E-state index contributed by atoms with van der Waals surface area (Å²) in [6.07, 6.45) is 1.37. The molecule has 1 aromatic carbocycles. The van der Waals surface area contributed by atoms with Crippen molar-refractivity contribution in [2.24, 2.45) is 0 Å². The van der Waals surface area contributed by atoms with Crippen molar-refractivity contribution in [1.82, 2.24) is 14.6 Å². The largest absolute Gasteiger partial charge is 0.478 e. The molecular weight excluding hydrogens is 290 g/mol. The van der Waals surface area contributed by atoms with Gasteiger partial charge in [-0.05, 0) is 31.5 Å². The lowest BCUT2D eigenvalue weighted by Crippen LogP contribution is -2.07. The third-order valence-corrected chi connectivity index (χ3v) is 3.67. The highest BCUT2D eigenvalue weighted by atomic mass is 35.5. The lowest BCUT2D eigenvalue weighted by Gasteiger charge is -2.04. The molecule has 0 atom stereocenters. The molecule has 0 unspecified atom stereocenters. The molecule has 3 rings (SSSR count). The zero-order valence-electron chi connectivity index (χ0n) is 11.5. The molecule has 3 aromatic rings. The van der Waals surface area contributed by atoms with E-state index in [1.807, 2.05) is 19.1 Å². The molecule has 0 amide bonds. The summed E-state index contributed by atoms with van der Waals surface area (Å²) < 4.78 is 1.57. The summed E-state index contributed by atoms with van der Waals surface area (Å²) in [6, 6.07) is 7.40. The summed E-state index contributed by atoms with van der Waals surface area (Å²) >= 11 is 5.91. The molecule has 0 saturated carbocycles. The van der Waals surface area contributed by atoms with Crippen LogP contribution in [0.3, 0.4) is 0 Å². The predicted octanol–water partition coefficient (Wildman–Crippen LogP) is 3.36. The first-order chi connectivity index (χ1) is 9.99. The van der Waals surface area contributed by atoms with E-state index in [-0.39, 0.29) is 5.56 Å². The maximum atomic E-state index is 11.2. The van der Waals surface area contributed by atoms with E-state index in [1.165, 1.54) is 6.20 Å². The van der Waals surface area contributed by atoms with Gasteiger partial charge in [-0.3, -0.25) is 0 Å². The molecule has 0 radical (unpaired) electrons. The van der Waals surface area contributed by atoms with Crippen molar-refractivity contribution in [2.45, 2.75) is 13.8 Å². The molecule has 106 valence electrons. The Hall–Kier alpha value is -2.40. The van der Waals surface area contributed by atoms with E-state index in [0.29, 0.717) is 16.4 Å². The summed E-state index contributed by atoms with van der Waals surface area (Å²) in [7, 11) is 0. The second kappa shape index (κ2) is 4.86. The molecule has 0 aliphatic rings. The van der Waals surface area contributed by atoms with Crippen molar-refractivity contribution in [2.75, 3.05) is 0 Å². The summed E-state index contributed by atoms with van der Waals surface area (Å²) in [6.45, 7) is 3.59. The van der Waals surface area contributed by atoms with E-state index in [0.717, 1.165) is 16.8 Å². The van der Waals surface area contributed by atoms with Gasteiger partial charge in [0.2, 0.25) is 0 Å². The standard InChI is InChI=1S/C15H12ClN3O2/c1-8-13(10-3-5-11(16)6-4-10)14-17-7-12(15(20)21)9(2)19(14)18-8/h3-7H,1-2H3,(H,20,21). The van der Waals surface area contributed by atoms with Crippen LogP contribution in [0.2, 0.25) is 5.02 Å². The number of rotatable bonds is 2. The number of hydrogen-bond acceptors (Lipinski definition) is 3. The lowest BCUT2D eigenvalue weighted by molar-refractivity contribution is 0.0695. The second-order valence-electron chi connectivity index (χ2n) is 4.77. The van der Waals surface area contributed by atoms with Crippen molar-refractivity contribution >= 4 is 23.2 Å². The molecule has 21 heavy (non-hydrogen) atoms. The lowest BCUT2D eigenvalue weighted by atomic mass is 10.1. The maximum Gasteiger partial charge on any atom is 0.339 e. The van der Waals surface area contributed by atoms with Gasteiger partial charge in [-0.15, -0.1) is 0 Å². The Bertz CT molecular complexity index is 853. The van der Waals surface area contributed by atoms with Gasteiger partial charge in [0.25, 0.3) is 0 Å². The fraction of sp³-hybridized carbons (Fsp3) is 0.133. The van der Waals surface area contributed by atoms with Gasteiger partial charge in [0.1, 0.15) is 0 Å². The molecule has 1 N–H and O–H groups in total. The molecule has 0 aliphatic heterocycles. The molecule has 0 bridgehead atoms. The molecule has 5 nitrogen and oxygen atoms in total. The van der Waals surface area contributed by atoms with Crippen LogP contribution < -0.4 is 0 Å². The number of benzene rings is 1. The fourth-order valence-corrected chi connectivity index (χ4v) is 2.49. The number of aromatic nitrogens is 3. The van der Waals surface area contributed by atoms with E-state index in [2.05, 4.69) is 10.1 Å². The molecule has 0 fully saturated rings. The number of aryl methyl sites for hydroxylation is 2. The van der Waals surface area contributed by atoms with E-state index in [1.54, 1.807) is 23.6 Å². The Morgan fingerprint density at radius 2 is 1.90 bits per heavy atom. The van der Waals surface area contributed by atoms with Crippen LogP contribution in [-0.4, -0.2) is 25.7 Å². The van der Waals surface area contributed by atoms with Gasteiger partial charge >= 0.3 is 5.97 Å². The van der Waals surface area contributed by atoms with Crippen LogP contribution >= 0.6 is 11.6 Å². The molecular formula is C15H12ClN3O2. The van der Waals surface area contributed by atoms with Gasteiger partial charge in [0.05, 0.1) is 17.0 Å². The highest BCUT2D eigenvalue weighted by Crippen LogP contribution is 2.29. The second-order valence-corrected chi connectivity index (χ2v) is 5.20. The summed E-state index contributed by atoms with van der Waals surface area (Å²) in [5.74, 6) is -1.01. The molecule has 0 spiro atoms. The van der Waals surface area contributed by atoms with E-state index >= 15 is 0 Å². The molecule has 6 heteroatoms. The van der Waals surface area contributed by atoms with Crippen molar-refractivity contribution in [1.29, 1.82) is 0 Å². The van der Waals surface area contributed by atoms with Crippen LogP contribution in [0.25, 0.3) is 16.8 Å². The van der Waals surface area contributed by atoms with Crippen LogP contribution in [-0.2, 0) is 0 Å². The first-order valence-corrected chi connectivity index (χ1v) is 6.71. The van der Waals surface area contributed by atoms with E-state index in [9.17, 15) is 4.79 Å². The number of fused-ring (bicyclic) bond motifs is 1. The van der Waals surface area contributed by atoms with Crippen molar-refractivity contribution in [3.05, 3.63) is 52.4 Å². The van der Waals surface area contributed by atoms with Gasteiger partial charge in [-0.25, -0.2) is 14.3 Å². The normalized spacial score (nSPS) is 11.0. The Morgan fingerprint density at radius 1 is 1.24 bits per heavy atom. The average Bonchev–Trinajstić information content (AvgIpc) is 2.77. The van der Waals surface area contributed by atoms with Gasteiger partial charge in [-0.2, -0.15) is 5.10 Å². The van der Waals surface area contributed by atoms with Gasteiger partial charge < -0.3 is 5.11 Å². The van der Waals surface area contributed by atoms with Gasteiger partial charge in [-0.1, -0.05) is 23.7 Å². The number of carbonyl (C=O) groups is 1. The zero-order chi connectivity index (χ0) is 15.1. The monoisotopic (exact) mass is 301 g/mol. The Kier molecular flexibility index (Phi) is 3.14. The van der Waals surface area contributed by atoms with Crippen molar-refractivity contribution in [3.8, 4) is 11.1 Å². The fourth-order valence-electron chi connectivity index (χ4n) is 2.37. The van der Waals surface area contributed by atoms with Crippen molar-refractivity contribution < 1.29 is 9.90 Å². The minimum Gasteiger partial charge on any atom is -0.478 e. The summed E-state index contributed by atoms with van der Waals surface area (Å²) in [5.41, 5.74) is 3.95. The number of hydrogen-bond donors (Lipinski definition) is 1. The minimum atomic E-state index is -1.01. The highest BCUT2D eigenvalue weighted by Gasteiger charge is 2.18. The van der Waals surface area contributed by atoms with Crippen LogP contribution in [0.4, 0.5) is 0 Å². The number of carboxylic acids is 1. The first-order valence-electron chi connectivity index (χ1n) is 6.33. The van der Waals surface area contributed by atoms with E-state index in [4.69, 9.17) is 16.7 Å². The Morgan fingerprint density at radius 3 is 2.52 bits per heavy atom. The number of halogens is 1.